The lowest BCUT2D eigenvalue weighted by Crippen LogP contribution is -2.31. The number of pyridine rings is 1. The quantitative estimate of drug-likeness (QED) is 0.596. The maximum absolute atomic E-state index is 12.3. The Balaban J connectivity index is 2.97. The number of anilines is 1. The van der Waals surface area contributed by atoms with Crippen LogP contribution >= 0.6 is 0 Å². The zero-order chi connectivity index (χ0) is 13.8. The lowest BCUT2D eigenvalue weighted by atomic mass is 10.1. The molecule has 0 saturated carbocycles. The van der Waals surface area contributed by atoms with E-state index in [1.165, 1.54) is 22.6 Å². The van der Waals surface area contributed by atoms with Crippen LogP contribution < -0.4 is 11.3 Å². The van der Waals surface area contributed by atoms with Crippen LogP contribution in [0.5, 0.6) is 0 Å². The molecule has 3 N–H and O–H groups in total. The first-order chi connectivity index (χ1) is 8.41. The molecular formula is C11H20N4O2S. The van der Waals surface area contributed by atoms with Gasteiger partial charge in [0.25, 0.3) is 0 Å². The summed E-state index contributed by atoms with van der Waals surface area (Å²) in [5.41, 5.74) is 2.34. The summed E-state index contributed by atoms with van der Waals surface area (Å²) in [5, 5.41) is 0. The van der Waals surface area contributed by atoms with Crippen molar-refractivity contribution in [2.45, 2.75) is 25.2 Å². The van der Waals surface area contributed by atoms with E-state index in [0.717, 1.165) is 6.42 Å². The highest BCUT2D eigenvalue weighted by molar-refractivity contribution is 7.89. The summed E-state index contributed by atoms with van der Waals surface area (Å²) in [6.45, 7) is 4.55. The molecule has 1 rings (SSSR count). The molecule has 0 aliphatic rings. The number of nitrogens with zero attached hydrogens (tertiary/aromatic N) is 2. The van der Waals surface area contributed by atoms with E-state index in [9.17, 15) is 8.42 Å². The van der Waals surface area contributed by atoms with Crippen LogP contribution in [0.3, 0.4) is 0 Å². The van der Waals surface area contributed by atoms with Gasteiger partial charge in [0.05, 0.1) is 4.90 Å². The molecule has 0 aliphatic heterocycles. The van der Waals surface area contributed by atoms with E-state index in [-0.39, 0.29) is 4.90 Å². The van der Waals surface area contributed by atoms with Gasteiger partial charge in [-0.1, -0.05) is 20.3 Å². The molecule has 0 aromatic carbocycles. The number of nitrogen functional groups attached to an aromatic ring is 1. The van der Waals surface area contributed by atoms with Crippen LogP contribution in [0.4, 0.5) is 5.82 Å². The number of hydrogen-bond acceptors (Lipinski definition) is 5. The second kappa shape index (κ2) is 6.12. The van der Waals surface area contributed by atoms with Crippen molar-refractivity contribution in [3.63, 3.8) is 0 Å². The lowest BCUT2D eigenvalue weighted by Gasteiger charge is -2.20. The minimum atomic E-state index is -3.48. The maximum Gasteiger partial charge on any atom is 0.243 e. The molecule has 0 saturated heterocycles. The van der Waals surface area contributed by atoms with Gasteiger partial charge in [0.2, 0.25) is 10.0 Å². The third kappa shape index (κ3) is 3.41. The Morgan fingerprint density at radius 2 is 2.22 bits per heavy atom. The van der Waals surface area contributed by atoms with Crippen LogP contribution in [0.15, 0.2) is 23.2 Å². The van der Waals surface area contributed by atoms with Gasteiger partial charge >= 0.3 is 0 Å². The highest BCUT2D eigenvalue weighted by Gasteiger charge is 2.22. The first-order valence-corrected chi connectivity index (χ1v) is 7.24. The van der Waals surface area contributed by atoms with Gasteiger partial charge in [-0.15, -0.1) is 0 Å². The van der Waals surface area contributed by atoms with E-state index >= 15 is 0 Å². The van der Waals surface area contributed by atoms with Gasteiger partial charge in [-0.3, -0.25) is 0 Å². The first-order valence-electron chi connectivity index (χ1n) is 5.80. The number of nitrogens with two attached hydrogens (primary N) is 1. The zero-order valence-corrected chi connectivity index (χ0v) is 11.7. The summed E-state index contributed by atoms with van der Waals surface area (Å²) in [4.78, 5) is 4.08. The maximum atomic E-state index is 12.3. The standard InChI is InChI=1S/C11H20N4O2S/c1-4-9(2)8-15(3)18(16,17)10-5-6-13-11(7-10)14-12/h5-7,9H,4,8,12H2,1-3H3,(H,13,14). The van der Waals surface area contributed by atoms with E-state index < -0.39 is 10.0 Å². The van der Waals surface area contributed by atoms with Gasteiger partial charge in [-0.2, -0.15) is 0 Å². The van der Waals surface area contributed by atoms with Gasteiger partial charge in [0, 0.05) is 25.9 Å². The number of hydrazine groups is 1. The van der Waals surface area contributed by atoms with Crippen LogP contribution in [-0.4, -0.2) is 31.3 Å². The van der Waals surface area contributed by atoms with Crippen molar-refractivity contribution in [1.82, 2.24) is 9.29 Å². The Bertz CT molecular complexity index is 490. The molecule has 0 amide bonds. The Morgan fingerprint density at radius 3 is 2.78 bits per heavy atom. The van der Waals surface area contributed by atoms with Gasteiger partial charge in [-0.25, -0.2) is 23.5 Å². The van der Waals surface area contributed by atoms with E-state index in [0.29, 0.717) is 18.3 Å². The summed E-state index contributed by atoms with van der Waals surface area (Å²) in [6.07, 6.45) is 2.35. The third-order valence-electron chi connectivity index (χ3n) is 2.85. The predicted molar refractivity (Wildman–Crippen MR) is 71.3 cm³/mol. The largest absolute Gasteiger partial charge is 0.308 e. The molecule has 0 fully saturated rings. The van der Waals surface area contributed by atoms with Crippen LogP contribution in [0.25, 0.3) is 0 Å². The summed E-state index contributed by atoms with van der Waals surface area (Å²) in [5.74, 6) is 5.86. The summed E-state index contributed by atoms with van der Waals surface area (Å²) in [7, 11) is -1.90. The van der Waals surface area contributed by atoms with E-state index in [1.54, 1.807) is 7.05 Å². The van der Waals surface area contributed by atoms with Crippen molar-refractivity contribution in [2.24, 2.45) is 11.8 Å². The van der Waals surface area contributed by atoms with Crippen molar-refractivity contribution >= 4 is 15.8 Å². The molecule has 1 heterocycles. The molecule has 6 nitrogen and oxygen atoms in total. The number of hydrogen-bond donors (Lipinski definition) is 2. The highest BCUT2D eigenvalue weighted by Crippen LogP contribution is 2.17. The van der Waals surface area contributed by atoms with Crippen LogP contribution in [0.2, 0.25) is 0 Å². The molecule has 7 heteroatoms. The fourth-order valence-electron chi connectivity index (χ4n) is 1.50. The van der Waals surface area contributed by atoms with Crippen molar-refractivity contribution in [2.75, 3.05) is 19.0 Å². The van der Waals surface area contributed by atoms with E-state index in [1.807, 2.05) is 13.8 Å². The van der Waals surface area contributed by atoms with Crippen molar-refractivity contribution in [3.05, 3.63) is 18.3 Å². The molecular weight excluding hydrogens is 252 g/mol. The van der Waals surface area contributed by atoms with Crippen LogP contribution in [0, 0.1) is 5.92 Å². The molecule has 0 aliphatic carbocycles. The molecule has 1 aromatic rings. The fourth-order valence-corrected chi connectivity index (χ4v) is 2.80. The molecule has 18 heavy (non-hydrogen) atoms. The smallest absolute Gasteiger partial charge is 0.243 e. The van der Waals surface area contributed by atoms with Crippen molar-refractivity contribution in [3.8, 4) is 0 Å². The highest BCUT2D eigenvalue weighted by atomic mass is 32.2. The zero-order valence-electron chi connectivity index (χ0n) is 10.9. The van der Waals surface area contributed by atoms with Crippen LogP contribution in [0.1, 0.15) is 20.3 Å². The van der Waals surface area contributed by atoms with Gasteiger partial charge < -0.3 is 5.43 Å². The number of rotatable bonds is 6. The molecule has 102 valence electrons. The van der Waals surface area contributed by atoms with Crippen molar-refractivity contribution < 1.29 is 8.42 Å². The topological polar surface area (TPSA) is 88.3 Å². The normalized spacial score (nSPS) is 13.6. The second-order valence-corrected chi connectivity index (χ2v) is 6.36. The summed E-state index contributed by atoms with van der Waals surface area (Å²) < 4.78 is 25.9. The van der Waals surface area contributed by atoms with Gasteiger partial charge in [-0.05, 0) is 12.0 Å². The number of nitrogens with one attached hydrogen (secondary N) is 1. The molecule has 0 radical (unpaired) electrons. The monoisotopic (exact) mass is 272 g/mol. The lowest BCUT2D eigenvalue weighted by molar-refractivity contribution is 0.393. The average molecular weight is 272 g/mol. The van der Waals surface area contributed by atoms with Crippen molar-refractivity contribution in [1.29, 1.82) is 0 Å². The molecule has 1 unspecified atom stereocenters. The molecule has 0 spiro atoms. The Labute approximate surface area is 108 Å². The van der Waals surface area contributed by atoms with Crippen LogP contribution in [-0.2, 0) is 10.0 Å². The SMILES string of the molecule is CCC(C)CN(C)S(=O)(=O)c1ccnc(NN)c1. The predicted octanol–water partition coefficient (Wildman–Crippen LogP) is 1.03. The second-order valence-electron chi connectivity index (χ2n) is 4.32. The average Bonchev–Trinajstić information content (AvgIpc) is 2.38. The molecule has 1 atom stereocenters. The van der Waals surface area contributed by atoms with Gasteiger partial charge in [0.15, 0.2) is 0 Å². The minimum Gasteiger partial charge on any atom is -0.308 e. The first kappa shape index (κ1) is 14.9. The number of sulfonamides is 1. The Morgan fingerprint density at radius 1 is 1.56 bits per heavy atom. The molecule has 1 aromatic heterocycles. The number of aromatic nitrogens is 1. The van der Waals surface area contributed by atoms with Gasteiger partial charge in [0.1, 0.15) is 5.82 Å². The Kier molecular flexibility index (Phi) is 5.06. The third-order valence-corrected chi connectivity index (χ3v) is 4.67. The van der Waals surface area contributed by atoms with E-state index in [4.69, 9.17) is 5.84 Å². The fraction of sp³-hybridized carbons (Fsp3) is 0.545. The molecule has 0 bridgehead atoms. The summed E-state index contributed by atoms with van der Waals surface area (Å²) in [6, 6.07) is 2.88. The Hall–Kier alpha value is -1.18. The van der Waals surface area contributed by atoms with E-state index in [2.05, 4.69) is 10.4 Å². The minimum absolute atomic E-state index is 0.191. The summed E-state index contributed by atoms with van der Waals surface area (Å²) >= 11 is 0.